The van der Waals surface area contributed by atoms with E-state index in [0.717, 1.165) is 6.20 Å². The minimum Gasteiger partial charge on any atom is -0.478 e. The molecule has 0 saturated heterocycles. The Balaban J connectivity index is 3.24. The topological polar surface area (TPSA) is 59.4 Å². The summed E-state index contributed by atoms with van der Waals surface area (Å²) < 4.78 is 39.6. The van der Waals surface area contributed by atoms with E-state index in [1.807, 2.05) is 0 Å². The second-order valence-electron chi connectivity index (χ2n) is 2.77. The van der Waals surface area contributed by atoms with E-state index in [-0.39, 0.29) is 14.8 Å². The number of hydrogen-bond acceptors (Lipinski definition) is 3. The molecule has 1 N–H and O–H groups in total. The van der Waals surface area contributed by atoms with Crippen molar-refractivity contribution in [2.75, 3.05) is 0 Å². The number of nitrogens with zero attached hydrogens (tertiary/aromatic N) is 1. The quantitative estimate of drug-likeness (QED) is 0.660. The van der Waals surface area contributed by atoms with Gasteiger partial charge in [-0.05, 0) is 29.5 Å². The average molecular weight is 347 g/mol. The summed E-state index contributed by atoms with van der Waals surface area (Å²) in [4.78, 5) is 14.3. The van der Waals surface area contributed by atoms with Crippen molar-refractivity contribution in [1.29, 1.82) is 0 Å². The number of hydrogen-bond donors (Lipinski definition) is 1. The van der Waals surface area contributed by atoms with Crippen LogP contribution in [0.2, 0.25) is 0 Å². The van der Waals surface area contributed by atoms with Crippen LogP contribution in [0.5, 0.6) is 5.75 Å². The number of aromatic carboxylic acids is 1. The van der Waals surface area contributed by atoms with Gasteiger partial charge in [-0.25, -0.2) is 9.78 Å². The van der Waals surface area contributed by atoms with Crippen LogP contribution in [0.25, 0.3) is 0 Å². The Bertz CT molecular complexity index is 433. The molecule has 1 aromatic rings. The molecule has 0 radical (unpaired) electrons. The third-order valence-corrected chi connectivity index (χ3v) is 2.50. The largest absolute Gasteiger partial charge is 0.573 e. The Morgan fingerprint density at radius 2 is 2.12 bits per heavy atom. The summed E-state index contributed by atoms with van der Waals surface area (Å²) in [6, 6.07) is 0. The van der Waals surface area contributed by atoms with Crippen molar-refractivity contribution in [2.45, 2.75) is 13.3 Å². The standard InChI is InChI=1S/C8H5F3INO3/c1-3-4(16-8(9,10)11)2-13-6(12)5(3)7(14)15/h2H,1H3,(H,14,15). The van der Waals surface area contributed by atoms with Crippen LogP contribution in [-0.4, -0.2) is 22.4 Å². The lowest BCUT2D eigenvalue weighted by molar-refractivity contribution is -0.275. The van der Waals surface area contributed by atoms with Crippen LogP contribution in [0, 0.1) is 10.6 Å². The van der Waals surface area contributed by atoms with Crippen molar-refractivity contribution in [1.82, 2.24) is 4.98 Å². The molecule has 8 heteroatoms. The highest BCUT2D eigenvalue weighted by Crippen LogP contribution is 2.28. The van der Waals surface area contributed by atoms with Gasteiger partial charge in [0.2, 0.25) is 0 Å². The highest BCUT2D eigenvalue weighted by Gasteiger charge is 2.33. The van der Waals surface area contributed by atoms with Gasteiger partial charge in [-0.2, -0.15) is 0 Å². The molecule has 0 aromatic carbocycles. The van der Waals surface area contributed by atoms with Gasteiger partial charge in [0.25, 0.3) is 0 Å². The van der Waals surface area contributed by atoms with Crippen LogP contribution in [0.4, 0.5) is 13.2 Å². The predicted molar refractivity (Wildman–Crippen MR) is 55.3 cm³/mol. The van der Waals surface area contributed by atoms with Gasteiger partial charge < -0.3 is 9.84 Å². The van der Waals surface area contributed by atoms with E-state index in [9.17, 15) is 18.0 Å². The highest BCUT2D eigenvalue weighted by atomic mass is 127. The van der Waals surface area contributed by atoms with E-state index in [2.05, 4.69) is 9.72 Å². The van der Waals surface area contributed by atoms with Crippen LogP contribution in [-0.2, 0) is 0 Å². The molecule has 1 aromatic heterocycles. The number of rotatable bonds is 2. The van der Waals surface area contributed by atoms with E-state index >= 15 is 0 Å². The monoisotopic (exact) mass is 347 g/mol. The third-order valence-electron chi connectivity index (χ3n) is 1.69. The minimum atomic E-state index is -4.87. The number of pyridine rings is 1. The van der Waals surface area contributed by atoms with Crippen molar-refractivity contribution in [3.8, 4) is 5.75 Å². The minimum absolute atomic E-state index is 0.107. The molecule has 0 amide bonds. The molecule has 0 fully saturated rings. The Labute approximate surface area is 102 Å². The molecule has 1 heterocycles. The first kappa shape index (κ1) is 13.0. The van der Waals surface area contributed by atoms with Crippen LogP contribution >= 0.6 is 22.6 Å². The van der Waals surface area contributed by atoms with Gasteiger partial charge in [-0.1, -0.05) is 0 Å². The molecule has 4 nitrogen and oxygen atoms in total. The summed E-state index contributed by atoms with van der Waals surface area (Å²) in [6.45, 7) is 1.23. The summed E-state index contributed by atoms with van der Waals surface area (Å²) in [5, 5.41) is 8.79. The smallest absolute Gasteiger partial charge is 0.478 e. The summed E-state index contributed by atoms with van der Waals surface area (Å²) in [5.74, 6) is -1.95. The van der Waals surface area contributed by atoms with Crippen LogP contribution in [0.1, 0.15) is 15.9 Å². The molecule has 0 aliphatic heterocycles. The molecule has 0 aliphatic carbocycles. The molecule has 88 valence electrons. The first-order valence-corrected chi connectivity index (χ1v) is 4.94. The van der Waals surface area contributed by atoms with Gasteiger partial charge in [-0.15, -0.1) is 13.2 Å². The Morgan fingerprint density at radius 3 is 2.56 bits per heavy atom. The first-order valence-electron chi connectivity index (χ1n) is 3.86. The van der Waals surface area contributed by atoms with Gasteiger partial charge >= 0.3 is 12.3 Å². The van der Waals surface area contributed by atoms with E-state index in [1.165, 1.54) is 6.92 Å². The van der Waals surface area contributed by atoms with E-state index < -0.39 is 18.1 Å². The third kappa shape index (κ3) is 2.97. The number of carbonyl (C=O) groups is 1. The van der Waals surface area contributed by atoms with Crippen LogP contribution < -0.4 is 4.74 Å². The molecule has 0 atom stereocenters. The second kappa shape index (κ2) is 4.44. The number of carboxylic acids is 1. The molecule has 0 bridgehead atoms. The molecule has 1 rings (SSSR count). The van der Waals surface area contributed by atoms with Crippen molar-refractivity contribution in [2.24, 2.45) is 0 Å². The lowest BCUT2D eigenvalue weighted by Crippen LogP contribution is -2.19. The van der Waals surface area contributed by atoms with Crippen LogP contribution in [0.15, 0.2) is 6.20 Å². The molecule has 16 heavy (non-hydrogen) atoms. The van der Waals surface area contributed by atoms with Crippen molar-refractivity contribution in [3.63, 3.8) is 0 Å². The van der Waals surface area contributed by atoms with E-state index in [0.29, 0.717) is 0 Å². The maximum atomic E-state index is 12.0. The molecular formula is C8H5F3INO3. The average Bonchev–Trinajstić information content (AvgIpc) is 2.07. The Kier molecular flexibility index (Phi) is 3.61. The number of ether oxygens (including phenoxy) is 1. The Hall–Kier alpha value is -1.06. The van der Waals surface area contributed by atoms with Gasteiger partial charge in [0, 0.05) is 5.56 Å². The summed E-state index contributed by atoms with van der Waals surface area (Å²) in [6.07, 6.45) is -4.02. The zero-order chi connectivity index (χ0) is 12.5. The van der Waals surface area contributed by atoms with Crippen molar-refractivity contribution in [3.05, 3.63) is 21.0 Å². The summed E-state index contributed by atoms with van der Waals surface area (Å²) in [7, 11) is 0. The Morgan fingerprint density at radius 1 is 1.56 bits per heavy atom. The number of aromatic nitrogens is 1. The maximum Gasteiger partial charge on any atom is 0.573 e. The second-order valence-corrected chi connectivity index (χ2v) is 3.79. The fourth-order valence-electron chi connectivity index (χ4n) is 1.03. The normalized spacial score (nSPS) is 11.3. The summed E-state index contributed by atoms with van der Waals surface area (Å²) in [5.41, 5.74) is -0.397. The molecule has 0 aliphatic rings. The lowest BCUT2D eigenvalue weighted by Gasteiger charge is -2.12. The molecular weight excluding hydrogens is 342 g/mol. The van der Waals surface area contributed by atoms with Crippen LogP contribution in [0.3, 0.4) is 0 Å². The van der Waals surface area contributed by atoms with E-state index in [1.54, 1.807) is 22.6 Å². The fraction of sp³-hybridized carbons (Fsp3) is 0.250. The fourth-order valence-corrected chi connectivity index (χ4v) is 1.81. The maximum absolute atomic E-state index is 12.0. The summed E-state index contributed by atoms with van der Waals surface area (Å²) >= 11 is 1.63. The van der Waals surface area contributed by atoms with Crippen molar-refractivity contribution < 1.29 is 27.8 Å². The lowest BCUT2D eigenvalue weighted by atomic mass is 10.1. The van der Waals surface area contributed by atoms with Crippen molar-refractivity contribution >= 4 is 28.6 Å². The SMILES string of the molecule is Cc1c(OC(F)(F)F)cnc(I)c1C(=O)O. The van der Waals surface area contributed by atoms with E-state index in [4.69, 9.17) is 5.11 Å². The molecule has 0 spiro atoms. The number of carboxylic acid groups (broad SMARTS) is 1. The van der Waals surface area contributed by atoms with Gasteiger partial charge in [0.1, 0.15) is 3.70 Å². The van der Waals surface area contributed by atoms with Gasteiger partial charge in [-0.3, -0.25) is 0 Å². The zero-order valence-corrected chi connectivity index (χ0v) is 9.96. The number of halogens is 4. The molecule has 0 saturated carbocycles. The van der Waals surface area contributed by atoms with Gasteiger partial charge in [0.15, 0.2) is 5.75 Å². The molecule has 0 unspecified atom stereocenters. The predicted octanol–water partition coefficient (Wildman–Crippen LogP) is 2.59. The van der Waals surface area contributed by atoms with Gasteiger partial charge in [0.05, 0.1) is 11.8 Å². The highest BCUT2D eigenvalue weighted by molar-refractivity contribution is 14.1. The first-order chi connectivity index (χ1) is 7.22. The zero-order valence-electron chi connectivity index (χ0n) is 7.80. The number of alkyl halides is 3.